The van der Waals surface area contributed by atoms with Crippen LogP contribution in [0.4, 0.5) is 0 Å². The minimum Gasteiger partial charge on any atom is -0.493 e. The van der Waals surface area contributed by atoms with Crippen molar-refractivity contribution in [2.45, 2.75) is 33.1 Å². The summed E-state index contributed by atoms with van der Waals surface area (Å²) >= 11 is 0. The molecule has 1 aromatic rings. The van der Waals surface area contributed by atoms with E-state index < -0.39 is 0 Å². The molecule has 1 aliphatic rings. The molecule has 0 saturated heterocycles. The van der Waals surface area contributed by atoms with Crippen LogP contribution in [0.5, 0.6) is 11.5 Å². The Morgan fingerprint density at radius 1 is 1.24 bits per heavy atom. The highest BCUT2D eigenvalue weighted by atomic mass is 16.5. The average Bonchev–Trinajstić information content (AvgIpc) is 2.51. The third-order valence-electron chi connectivity index (χ3n) is 3.87. The van der Waals surface area contributed by atoms with Crippen molar-refractivity contribution in [2.24, 2.45) is 0 Å². The lowest BCUT2D eigenvalue weighted by atomic mass is 10.0. The van der Waals surface area contributed by atoms with Crippen molar-refractivity contribution < 1.29 is 14.3 Å². The van der Waals surface area contributed by atoms with E-state index in [1.54, 1.807) is 0 Å². The van der Waals surface area contributed by atoms with Crippen molar-refractivity contribution in [3.8, 4) is 11.5 Å². The Morgan fingerprint density at radius 3 is 2.81 bits per heavy atom. The minimum absolute atomic E-state index is 0.120. The Hall–Kier alpha value is -1.55. The van der Waals surface area contributed by atoms with Gasteiger partial charge in [-0.15, -0.1) is 0 Å². The van der Waals surface area contributed by atoms with Crippen LogP contribution in [-0.2, 0) is 0 Å². The number of hydrogen-bond donors (Lipinski definition) is 0. The standard InChI is InChI=1S/C17H25NO3/c1-3-18(4-2)11-5-6-12-20-15-8-7-9-16-17(15)14(19)10-13-21-16/h7-9H,3-6,10-13H2,1-2H3. The van der Waals surface area contributed by atoms with Crippen LogP contribution in [0.25, 0.3) is 0 Å². The summed E-state index contributed by atoms with van der Waals surface area (Å²) in [6.07, 6.45) is 2.55. The molecule has 116 valence electrons. The molecule has 0 atom stereocenters. The summed E-state index contributed by atoms with van der Waals surface area (Å²) < 4.78 is 11.3. The number of ether oxygens (including phenoxy) is 2. The molecule has 0 bridgehead atoms. The number of hydrogen-bond acceptors (Lipinski definition) is 4. The number of benzene rings is 1. The lowest BCUT2D eigenvalue weighted by molar-refractivity contribution is 0.0927. The van der Waals surface area contributed by atoms with E-state index in [0.29, 0.717) is 36.7 Å². The smallest absolute Gasteiger partial charge is 0.173 e. The Kier molecular flexibility index (Phi) is 6.05. The third kappa shape index (κ3) is 4.21. The second-order valence-corrected chi connectivity index (χ2v) is 5.23. The number of rotatable bonds is 8. The monoisotopic (exact) mass is 291 g/mol. The zero-order valence-electron chi connectivity index (χ0n) is 13.1. The number of carbonyl (C=O) groups is 1. The summed E-state index contributed by atoms with van der Waals surface area (Å²) in [5, 5.41) is 0. The quantitative estimate of drug-likeness (QED) is 0.690. The van der Waals surface area contributed by atoms with Gasteiger partial charge in [0.1, 0.15) is 17.1 Å². The Balaban J connectivity index is 1.83. The van der Waals surface area contributed by atoms with Crippen LogP contribution >= 0.6 is 0 Å². The highest BCUT2D eigenvalue weighted by Gasteiger charge is 2.22. The summed E-state index contributed by atoms with van der Waals surface area (Å²) in [5.41, 5.74) is 0.618. The van der Waals surface area contributed by atoms with Gasteiger partial charge in [0.05, 0.1) is 13.2 Å². The van der Waals surface area contributed by atoms with Gasteiger partial charge in [0.25, 0.3) is 0 Å². The molecule has 2 rings (SSSR count). The van der Waals surface area contributed by atoms with Gasteiger partial charge >= 0.3 is 0 Å². The molecule has 1 aromatic carbocycles. The average molecular weight is 291 g/mol. The summed E-state index contributed by atoms with van der Waals surface area (Å²) in [5.74, 6) is 1.45. The lowest BCUT2D eigenvalue weighted by Crippen LogP contribution is -2.24. The van der Waals surface area contributed by atoms with Gasteiger partial charge in [-0.1, -0.05) is 19.9 Å². The minimum atomic E-state index is 0.120. The number of ketones is 1. The molecule has 0 N–H and O–H groups in total. The maximum atomic E-state index is 12.0. The van der Waals surface area contributed by atoms with E-state index in [2.05, 4.69) is 18.7 Å². The van der Waals surface area contributed by atoms with E-state index in [9.17, 15) is 4.79 Å². The number of carbonyl (C=O) groups excluding carboxylic acids is 1. The molecule has 0 spiro atoms. The van der Waals surface area contributed by atoms with Crippen LogP contribution in [-0.4, -0.2) is 43.5 Å². The van der Waals surface area contributed by atoms with Gasteiger partial charge in [-0.05, 0) is 44.6 Å². The van der Waals surface area contributed by atoms with Gasteiger partial charge in [-0.25, -0.2) is 0 Å². The molecule has 1 heterocycles. The molecule has 0 unspecified atom stereocenters. The predicted octanol–water partition coefficient (Wildman–Crippen LogP) is 3.15. The van der Waals surface area contributed by atoms with Crippen LogP contribution < -0.4 is 9.47 Å². The van der Waals surface area contributed by atoms with Crippen LogP contribution in [0, 0.1) is 0 Å². The molecule has 4 nitrogen and oxygen atoms in total. The first-order chi connectivity index (χ1) is 10.3. The maximum Gasteiger partial charge on any atom is 0.173 e. The van der Waals surface area contributed by atoms with Crippen molar-refractivity contribution in [1.29, 1.82) is 0 Å². The molecule has 0 saturated carbocycles. The fourth-order valence-corrected chi connectivity index (χ4v) is 2.56. The summed E-state index contributed by atoms with van der Waals surface area (Å²) in [6.45, 7) is 8.77. The van der Waals surface area contributed by atoms with E-state index >= 15 is 0 Å². The van der Waals surface area contributed by atoms with Crippen molar-refractivity contribution in [3.63, 3.8) is 0 Å². The van der Waals surface area contributed by atoms with Crippen molar-refractivity contribution in [2.75, 3.05) is 32.8 Å². The molecule has 0 fully saturated rings. The van der Waals surface area contributed by atoms with Gasteiger partial charge in [0, 0.05) is 6.42 Å². The van der Waals surface area contributed by atoms with Gasteiger partial charge < -0.3 is 14.4 Å². The highest BCUT2D eigenvalue weighted by molar-refractivity contribution is 6.02. The summed E-state index contributed by atoms with van der Waals surface area (Å²) in [7, 11) is 0. The van der Waals surface area contributed by atoms with Crippen molar-refractivity contribution in [3.05, 3.63) is 23.8 Å². The summed E-state index contributed by atoms with van der Waals surface area (Å²) in [4.78, 5) is 14.4. The van der Waals surface area contributed by atoms with Crippen molar-refractivity contribution >= 4 is 5.78 Å². The van der Waals surface area contributed by atoms with Gasteiger partial charge in [-0.3, -0.25) is 4.79 Å². The lowest BCUT2D eigenvalue weighted by Gasteiger charge is -2.20. The fourth-order valence-electron chi connectivity index (χ4n) is 2.56. The van der Waals surface area contributed by atoms with Crippen LogP contribution in [0.15, 0.2) is 18.2 Å². The van der Waals surface area contributed by atoms with Crippen LogP contribution in [0.1, 0.15) is 43.5 Å². The molecule has 0 aromatic heterocycles. The molecule has 4 heteroatoms. The Bertz CT molecular complexity index is 469. The topological polar surface area (TPSA) is 38.8 Å². The number of nitrogens with zero attached hydrogens (tertiary/aromatic N) is 1. The SMILES string of the molecule is CCN(CC)CCCCOc1cccc2c1C(=O)CCO2. The summed E-state index contributed by atoms with van der Waals surface area (Å²) in [6, 6.07) is 5.57. The molecule has 0 radical (unpaired) electrons. The molecule has 21 heavy (non-hydrogen) atoms. The Morgan fingerprint density at radius 2 is 2.05 bits per heavy atom. The molecular formula is C17H25NO3. The fraction of sp³-hybridized carbons (Fsp3) is 0.588. The van der Waals surface area contributed by atoms with E-state index in [-0.39, 0.29) is 5.78 Å². The second kappa shape index (κ2) is 8.03. The molecule has 1 aliphatic heterocycles. The van der Waals surface area contributed by atoms with Gasteiger partial charge in [0.2, 0.25) is 0 Å². The van der Waals surface area contributed by atoms with E-state index in [1.165, 1.54) is 0 Å². The number of fused-ring (bicyclic) bond motifs is 1. The Labute approximate surface area is 127 Å². The largest absolute Gasteiger partial charge is 0.493 e. The predicted molar refractivity (Wildman–Crippen MR) is 83.4 cm³/mol. The van der Waals surface area contributed by atoms with Gasteiger partial charge in [0.15, 0.2) is 5.78 Å². The van der Waals surface area contributed by atoms with E-state index in [0.717, 1.165) is 32.5 Å². The van der Waals surface area contributed by atoms with Crippen molar-refractivity contribution in [1.82, 2.24) is 4.90 Å². The molecule has 0 aliphatic carbocycles. The van der Waals surface area contributed by atoms with E-state index in [4.69, 9.17) is 9.47 Å². The van der Waals surface area contributed by atoms with Gasteiger partial charge in [-0.2, -0.15) is 0 Å². The first-order valence-corrected chi connectivity index (χ1v) is 7.90. The van der Waals surface area contributed by atoms with Crippen LogP contribution in [0.3, 0.4) is 0 Å². The molecule has 0 amide bonds. The van der Waals surface area contributed by atoms with E-state index in [1.807, 2.05) is 18.2 Å². The third-order valence-corrected chi connectivity index (χ3v) is 3.87. The zero-order chi connectivity index (χ0) is 15.1. The zero-order valence-corrected chi connectivity index (χ0v) is 13.1. The number of unbranched alkanes of at least 4 members (excludes halogenated alkanes) is 1. The maximum absolute atomic E-state index is 12.0. The molecular weight excluding hydrogens is 266 g/mol. The van der Waals surface area contributed by atoms with Crippen LogP contribution in [0.2, 0.25) is 0 Å². The highest BCUT2D eigenvalue weighted by Crippen LogP contribution is 2.32. The number of Topliss-reactive ketones (excluding diaryl/α,β-unsaturated/α-hetero) is 1. The normalized spacial score (nSPS) is 14.0. The first kappa shape index (κ1) is 15.8. The first-order valence-electron chi connectivity index (χ1n) is 7.90. The second-order valence-electron chi connectivity index (χ2n) is 5.23.